The maximum atomic E-state index is 12.0. The lowest BCUT2D eigenvalue weighted by Crippen LogP contribution is -2.19. The Kier molecular flexibility index (Phi) is 4.43. The van der Waals surface area contributed by atoms with E-state index in [2.05, 4.69) is 5.32 Å². The van der Waals surface area contributed by atoms with E-state index in [4.69, 9.17) is 13.9 Å². The van der Waals surface area contributed by atoms with E-state index in [1.54, 1.807) is 6.08 Å². The fraction of sp³-hybridized carbons (Fsp3) is 0.0952. The molecule has 0 fully saturated rings. The maximum absolute atomic E-state index is 12.0. The van der Waals surface area contributed by atoms with Crippen LogP contribution in [-0.2, 0) is 11.3 Å². The second-order valence-electron chi connectivity index (χ2n) is 5.80. The quantitative estimate of drug-likeness (QED) is 0.709. The van der Waals surface area contributed by atoms with Crippen LogP contribution in [0.2, 0.25) is 0 Å². The standard InChI is InChI=1S/C21H17NO4/c23-21(11-7-15-6-9-19-20(12-15)25-14-24-19)22-13-17-8-10-18(26-17)16-4-2-1-3-5-16/h1-12H,13-14H2,(H,22,23). The van der Waals surface area contributed by atoms with Crippen molar-refractivity contribution >= 4 is 12.0 Å². The summed E-state index contributed by atoms with van der Waals surface area (Å²) < 4.78 is 16.3. The van der Waals surface area contributed by atoms with Gasteiger partial charge in [0, 0.05) is 11.6 Å². The molecule has 1 aliphatic heterocycles. The van der Waals surface area contributed by atoms with Gasteiger partial charge in [-0.2, -0.15) is 0 Å². The molecule has 4 rings (SSSR count). The Bertz CT molecular complexity index is 944. The molecule has 0 radical (unpaired) electrons. The van der Waals surface area contributed by atoms with Crippen LogP contribution in [0.25, 0.3) is 17.4 Å². The molecule has 0 unspecified atom stereocenters. The number of hydrogen-bond donors (Lipinski definition) is 1. The summed E-state index contributed by atoms with van der Waals surface area (Å²) in [7, 11) is 0. The number of ether oxygens (including phenoxy) is 2. The van der Waals surface area contributed by atoms with E-state index in [9.17, 15) is 4.79 Å². The fourth-order valence-corrected chi connectivity index (χ4v) is 2.65. The minimum Gasteiger partial charge on any atom is -0.459 e. The van der Waals surface area contributed by atoms with Gasteiger partial charge < -0.3 is 19.2 Å². The lowest BCUT2D eigenvalue weighted by Gasteiger charge is -2.00. The highest BCUT2D eigenvalue weighted by Crippen LogP contribution is 2.32. The average Bonchev–Trinajstić information content (AvgIpc) is 3.34. The van der Waals surface area contributed by atoms with Gasteiger partial charge in [0.2, 0.25) is 12.7 Å². The number of fused-ring (bicyclic) bond motifs is 1. The molecule has 1 N–H and O–H groups in total. The van der Waals surface area contributed by atoms with Crippen molar-refractivity contribution < 1.29 is 18.7 Å². The lowest BCUT2D eigenvalue weighted by molar-refractivity contribution is -0.116. The number of amides is 1. The molecule has 5 heteroatoms. The molecule has 0 saturated carbocycles. The molecule has 0 saturated heterocycles. The van der Waals surface area contributed by atoms with Crippen molar-refractivity contribution in [2.45, 2.75) is 6.54 Å². The van der Waals surface area contributed by atoms with Crippen molar-refractivity contribution in [3.8, 4) is 22.8 Å². The van der Waals surface area contributed by atoms with Crippen molar-refractivity contribution in [1.82, 2.24) is 5.32 Å². The minimum atomic E-state index is -0.194. The summed E-state index contributed by atoms with van der Waals surface area (Å²) in [6.07, 6.45) is 3.22. The van der Waals surface area contributed by atoms with E-state index < -0.39 is 0 Å². The van der Waals surface area contributed by atoms with Crippen molar-refractivity contribution in [2.24, 2.45) is 0 Å². The normalized spacial score (nSPS) is 12.5. The molecule has 0 spiro atoms. The van der Waals surface area contributed by atoms with Crippen LogP contribution in [0.1, 0.15) is 11.3 Å². The smallest absolute Gasteiger partial charge is 0.244 e. The summed E-state index contributed by atoms with van der Waals surface area (Å²) >= 11 is 0. The molecule has 130 valence electrons. The molecule has 1 aliphatic rings. The fourth-order valence-electron chi connectivity index (χ4n) is 2.65. The van der Waals surface area contributed by atoms with E-state index in [0.717, 1.165) is 22.6 Å². The van der Waals surface area contributed by atoms with E-state index in [1.807, 2.05) is 60.7 Å². The third-order valence-corrected chi connectivity index (χ3v) is 3.98. The first kappa shape index (κ1) is 16.0. The van der Waals surface area contributed by atoms with Crippen LogP contribution >= 0.6 is 0 Å². The highest BCUT2D eigenvalue weighted by Gasteiger charge is 2.12. The number of hydrogen-bond acceptors (Lipinski definition) is 4. The predicted octanol–water partition coefficient (Wildman–Crippen LogP) is 4.00. The van der Waals surface area contributed by atoms with Crippen LogP contribution in [0.4, 0.5) is 0 Å². The Labute approximate surface area is 150 Å². The van der Waals surface area contributed by atoms with Crippen LogP contribution in [0.5, 0.6) is 11.5 Å². The van der Waals surface area contributed by atoms with Gasteiger partial charge in [-0.15, -0.1) is 0 Å². The van der Waals surface area contributed by atoms with Gasteiger partial charge in [0.15, 0.2) is 11.5 Å². The number of furan rings is 1. The first-order valence-electron chi connectivity index (χ1n) is 8.28. The molecule has 2 heterocycles. The largest absolute Gasteiger partial charge is 0.459 e. The van der Waals surface area contributed by atoms with Gasteiger partial charge >= 0.3 is 0 Å². The second-order valence-corrected chi connectivity index (χ2v) is 5.80. The van der Waals surface area contributed by atoms with E-state index in [0.29, 0.717) is 18.1 Å². The number of benzene rings is 2. The van der Waals surface area contributed by atoms with Crippen LogP contribution < -0.4 is 14.8 Å². The van der Waals surface area contributed by atoms with Crippen LogP contribution in [0.3, 0.4) is 0 Å². The maximum Gasteiger partial charge on any atom is 0.244 e. The number of nitrogens with one attached hydrogen (secondary N) is 1. The number of carbonyl (C=O) groups is 1. The molecule has 2 aromatic carbocycles. The lowest BCUT2D eigenvalue weighted by atomic mass is 10.2. The SMILES string of the molecule is O=C(C=Cc1ccc2c(c1)OCO2)NCc1ccc(-c2ccccc2)o1. The number of carbonyl (C=O) groups excluding carboxylic acids is 1. The molecule has 5 nitrogen and oxygen atoms in total. The van der Waals surface area contributed by atoms with E-state index in [-0.39, 0.29) is 12.7 Å². The summed E-state index contributed by atoms with van der Waals surface area (Å²) in [5.74, 6) is 2.70. The summed E-state index contributed by atoms with van der Waals surface area (Å²) in [5.41, 5.74) is 1.88. The zero-order chi connectivity index (χ0) is 17.8. The summed E-state index contributed by atoms with van der Waals surface area (Å²) in [5, 5.41) is 2.81. The molecular weight excluding hydrogens is 330 g/mol. The first-order chi connectivity index (χ1) is 12.8. The Morgan fingerprint density at radius 2 is 1.85 bits per heavy atom. The van der Waals surface area contributed by atoms with Gasteiger partial charge in [-0.3, -0.25) is 4.79 Å². The van der Waals surface area contributed by atoms with Crippen molar-refractivity contribution in [1.29, 1.82) is 0 Å². The Morgan fingerprint density at radius 1 is 1.00 bits per heavy atom. The predicted molar refractivity (Wildman–Crippen MR) is 97.6 cm³/mol. The Balaban J connectivity index is 1.33. The zero-order valence-corrected chi connectivity index (χ0v) is 14.0. The monoisotopic (exact) mass is 347 g/mol. The first-order valence-corrected chi connectivity index (χ1v) is 8.28. The average molecular weight is 347 g/mol. The summed E-state index contributed by atoms with van der Waals surface area (Å²) in [4.78, 5) is 12.0. The molecule has 1 aromatic heterocycles. The van der Waals surface area contributed by atoms with Crippen LogP contribution in [-0.4, -0.2) is 12.7 Å². The molecule has 0 bridgehead atoms. The van der Waals surface area contributed by atoms with Crippen molar-refractivity contribution in [3.05, 3.63) is 78.1 Å². The number of rotatable bonds is 5. The van der Waals surface area contributed by atoms with Gasteiger partial charge in [0.25, 0.3) is 0 Å². The highest BCUT2D eigenvalue weighted by molar-refractivity contribution is 5.91. The van der Waals surface area contributed by atoms with Gasteiger partial charge in [0.1, 0.15) is 11.5 Å². The molecule has 0 atom stereocenters. The van der Waals surface area contributed by atoms with Crippen molar-refractivity contribution in [2.75, 3.05) is 6.79 Å². The van der Waals surface area contributed by atoms with Crippen molar-refractivity contribution in [3.63, 3.8) is 0 Å². The Morgan fingerprint density at radius 3 is 2.73 bits per heavy atom. The van der Waals surface area contributed by atoms with Crippen LogP contribution in [0.15, 0.2) is 71.2 Å². The van der Waals surface area contributed by atoms with Gasteiger partial charge in [-0.1, -0.05) is 36.4 Å². The van der Waals surface area contributed by atoms with E-state index in [1.165, 1.54) is 6.08 Å². The second kappa shape index (κ2) is 7.19. The van der Waals surface area contributed by atoms with Gasteiger partial charge in [-0.25, -0.2) is 0 Å². The third kappa shape index (κ3) is 3.62. The molecule has 3 aromatic rings. The topological polar surface area (TPSA) is 60.7 Å². The van der Waals surface area contributed by atoms with Gasteiger partial charge in [-0.05, 0) is 35.9 Å². The molecule has 1 amide bonds. The zero-order valence-electron chi connectivity index (χ0n) is 14.0. The third-order valence-electron chi connectivity index (χ3n) is 3.98. The summed E-state index contributed by atoms with van der Waals surface area (Å²) in [6, 6.07) is 19.1. The Hall–Kier alpha value is -3.47. The molecule has 26 heavy (non-hydrogen) atoms. The van der Waals surface area contributed by atoms with Gasteiger partial charge in [0.05, 0.1) is 6.54 Å². The molecular formula is C21H17NO4. The summed E-state index contributed by atoms with van der Waals surface area (Å²) in [6.45, 7) is 0.564. The van der Waals surface area contributed by atoms with E-state index >= 15 is 0 Å². The van der Waals surface area contributed by atoms with Crippen LogP contribution in [0, 0.1) is 0 Å². The highest BCUT2D eigenvalue weighted by atomic mass is 16.7. The minimum absolute atomic E-state index is 0.194. The molecule has 0 aliphatic carbocycles.